The number of hydrogen-bond donors (Lipinski definition) is 0. The molecule has 0 aliphatic rings. The summed E-state index contributed by atoms with van der Waals surface area (Å²) in [6.45, 7) is 13.2. The van der Waals surface area contributed by atoms with Gasteiger partial charge in [-0.3, -0.25) is 4.79 Å². The summed E-state index contributed by atoms with van der Waals surface area (Å²) in [4.78, 5) is 11.5. The third-order valence-electron chi connectivity index (χ3n) is 4.26. The molecule has 0 aliphatic heterocycles. The van der Waals surface area contributed by atoms with Gasteiger partial charge in [0.1, 0.15) is 6.61 Å². The zero-order chi connectivity index (χ0) is 24.2. The van der Waals surface area contributed by atoms with Gasteiger partial charge >= 0.3 is 5.97 Å². The zero-order valence-electron chi connectivity index (χ0n) is 21.2. The van der Waals surface area contributed by atoms with Crippen molar-refractivity contribution in [2.24, 2.45) is 0 Å². The van der Waals surface area contributed by atoms with Crippen molar-refractivity contribution < 1.29 is 42.7 Å². The quantitative estimate of drug-likeness (QED) is 0.130. The number of rotatable bonds is 27. The topological polar surface area (TPSA) is 90.9 Å². The van der Waals surface area contributed by atoms with Crippen LogP contribution in [-0.2, 0) is 42.7 Å². The number of carbonyl (C=O) groups is 1. The van der Waals surface area contributed by atoms with E-state index in [0.29, 0.717) is 98.9 Å². The monoisotopic (exact) mass is 480 g/mol. The molecule has 0 saturated carbocycles. The molecule has 33 heavy (non-hydrogen) atoms. The molecule has 0 aliphatic carbocycles. The zero-order valence-corrected chi connectivity index (χ0v) is 21.2. The summed E-state index contributed by atoms with van der Waals surface area (Å²) in [5.74, 6) is -0.145. The third kappa shape index (κ3) is 29.2. The van der Waals surface area contributed by atoms with Crippen LogP contribution >= 0.6 is 0 Å². The Morgan fingerprint density at radius 2 is 0.939 bits per heavy atom. The van der Waals surface area contributed by atoms with Gasteiger partial charge in [-0.25, -0.2) is 0 Å². The average molecular weight is 481 g/mol. The second-order valence-electron chi connectivity index (χ2n) is 7.62. The maximum absolute atomic E-state index is 11.5. The number of hydrogen-bond acceptors (Lipinski definition) is 9. The second kappa shape index (κ2) is 27.4. The molecule has 0 aromatic rings. The van der Waals surface area contributed by atoms with Gasteiger partial charge in [-0.1, -0.05) is 26.2 Å². The second-order valence-corrected chi connectivity index (χ2v) is 7.62. The highest BCUT2D eigenvalue weighted by Gasteiger charge is 2.02. The minimum absolute atomic E-state index is 0.145. The van der Waals surface area contributed by atoms with Crippen LogP contribution in [0.5, 0.6) is 0 Å². The fourth-order valence-corrected chi connectivity index (χ4v) is 2.53. The Bertz CT molecular complexity index is 394. The lowest BCUT2D eigenvalue weighted by molar-refractivity contribution is -0.145. The molecule has 0 aromatic carbocycles. The van der Waals surface area contributed by atoms with Crippen molar-refractivity contribution in [1.82, 2.24) is 0 Å². The van der Waals surface area contributed by atoms with Crippen LogP contribution in [-0.4, -0.2) is 105 Å². The number of ether oxygens (including phenoxy) is 8. The lowest BCUT2D eigenvalue weighted by Gasteiger charge is -2.09. The highest BCUT2D eigenvalue weighted by Crippen LogP contribution is 2.03. The van der Waals surface area contributed by atoms with E-state index in [9.17, 15) is 4.79 Å². The minimum Gasteiger partial charge on any atom is -0.463 e. The van der Waals surface area contributed by atoms with Crippen LogP contribution in [0.3, 0.4) is 0 Å². The first-order valence-corrected chi connectivity index (χ1v) is 12.4. The van der Waals surface area contributed by atoms with Crippen molar-refractivity contribution in [3.05, 3.63) is 0 Å². The molecule has 0 amide bonds. The molecule has 198 valence electrons. The van der Waals surface area contributed by atoms with Crippen LogP contribution in [0.1, 0.15) is 52.9 Å². The lowest BCUT2D eigenvalue weighted by Crippen LogP contribution is -2.15. The van der Waals surface area contributed by atoms with Gasteiger partial charge in [-0.15, -0.1) is 0 Å². The van der Waals surface area contributed by atoms with Gasteiger partial charge in [0, 0.05) is 6.42 Å². The SMILES string of the molecule is CCCCCCC(=O)OCCOCCOCCOCCOCCOCCOCCOC(C)C. The van der Waals surface area contributed by atoms with Crippen LogP contribution in [0, 0.1) is 0 Å². The minimum atomic E-state index is -0.145. The molecule has 0 fully saturated rings. The Labute approximate surface area is 200 Å². The fourth-order valence-electron chi connectivity index (χ4n) is 2.53. The van der Waals surface area contributed by atoms with Crippen molar-refractivity contribution in [1.29, 1.82) is 0 Å². The molecule has 9 nitrogen and oxygen atoms in total. The molecular weight excluding hydrogens is 432 g/mol. The van der Waals surface area contributed by atoms with E-state index in [-0.39, 0.29) is 12.1 Å². The molecule has 0 N–H and O–H groups in total. The highest BCUT2D eigenvalue weighted by molar-refractivity contribution is 5.69. The van der Waals surface area contributed by atoms with Gasteiger partial charge in [-0.2, -0.15) is 0 Å². The van der Waals surface area contributed by atoms with Crippen LogP contribution in [0.15, 0.2) is 0 Å². The maximum atomic E-state index is 11.5. The standard InChI is InChI=1S/C24H48O9/c1-4-5-6-7-8-24(25)33-22-20-31-18-16-29-14-12-27-10-9-26-11-13-28-15-17-30-19-21-32-23(2)3/h23H,4-22H2,1-3H3. The molecule has 0 spiro atoms. The van der Waals surface area contributed by atoms with Gasteiger partial charge in [-0.05, 0) is 20.3 Å². The third-order valence-corrected chi connectivity index (χ3v) is 4.26. The average Bonchev–Trinajstić information content (AvgIpc) is 2.80. The van der Waals surface area contributed by atoms with E-state index in [2.05, 4.69) is 6.92 Å². The van der Waals surface area contributed by atoms with Gasteiger partial charge in [0.15, 0.2) is 0 Å². The Kier molecular flexibility index (Phi) is 26.8. The summed E-state index contributed by atoms with van der Waals surface area (Å²) in [5, 5.41) is 0. The maximum Gasteiger partial charge on any atom is 0.305 e. The predicted molar refractivity (Wildman–Crippen MR) is 126 cm³/mol. The summed E-state index contributed by atoms with van der Waals surface area (Å²) >= 11 is 0. The van der Waals surface area contributed by atoms with E-state index in [4.69, 9.17) is 37.9 Å². The molecule has 0 saturated heterocycles. The number of unbranched alkanes of at least 4 members (excludes halogenated alkanes) is 3. The van der Waals surface area contributed by atoms with Crippen molar-refractivity contribution in [2.45, 2.75) is 59.0 Å². The fraction of sp³-hybridized carbons (Fsp3) is 0.958. The van der Waals surface area contributed by atoms with Gasteiger partial charge in [0.05, 0.1) is 92.0 Å². The molecule has 0 rings (SSSR count). The van der Waals surface area contributed by atoms with Gasteiger partial charge in [0.25, 0.3) is 0 Å². The Morgan fingerprint density at radius 3 is 1.33 bits per heavy atom. The first-order chi connectivity index (χ1) is 16.2. The summed E-state index contributed by atoms with van der Waals surface area (Å²) in [6, 6.07) is 0. The first kappa shape index (κ1) is 32.2. The van der Waals surface area contributed by atoms with Gasteiger partial charge in [0.2, 0.25) is 0 Å². The molecule has 0 heterocycles. The van der Waals surface area contributed by atoms with Crippen molar-refractivity contribution in [3.8, 4) is 0 Å². The largest absolute Gasteiger partial charge is 0.463 e. The predicted octanol–water partition coefficient (Wildman–Crippen LogP) is 3.02. The van der Waals surface area contributed by atoms with E-state index in [0.717, 1.165) is 25.7 Å². The van der Waals surface area contributed by atoms with Crippen molar-refractivity contribution in [3.63, 3.8) is 0 Å². The molecular formula is C24H48O9. The van der Waals surface area contributed by atoms with E-state index in [1.807, 2.05) is 13.8 Å². The Hall–Kier alpha value is -0.810. The van der Waals surface area contributed by atoms with Crippen LogP contribution < -0.4 is 0 Å². The number of carbonyl (C=O) groups excluding carboxylic acids is 1. The Balaban J connectivity index is 3.08. The Morgan fingerprint density at radius 1 is 0.545 bits per heavy atom. The molecule has 0 radical (unpaired) electrons. The van der Waals surface area contributed by atoms with Crippen molar-refractivity contribution in [2.75, 3.05) is 92.5 Å². The summed E-state index contributed by atoms with van der Waals surface area (Å²) < 4.78 is 42.9. The molecule has 0 atom stereocenters. The smallest absolute Gasteiger partial charge is 0.305 e. The lowest BCUT2D eigenvalue weighted by atomic mass is 10.2. The molecule has 9 heteroatoms. The van der Waals surface area contributed by atoms with E-state index >= 15 is 0 Å². The van der Waals surface area contributed by atoms with Crippen LogP contribution in [0.2, 0.25) is 0 Å². The molecule has 0 aromatic heterocycles. The van der Waals surface area contributed by atoms with E-state index in [1.54, 1.807) is 0 Å². The summed E-state index contributed by atoms with van der Waals surface area (Å²) in [5.41, 5.74) is 0. The summed E-state index contributed by atoms with van der Waals surface area (Å²) in [7, 11) is 0. The van der Waals surface area contributed by atoms with E-state index in [1.165, 1.54) is 0 Å². The van der Waals surface area contributed by atoms with E-state index < -0.39 is 0 Å². The van der Waals surface area contributed by atoms with Crippen LogP contribution in [0.25, 0.3) is 0 Å². The highest BCUT2D eigenvalue weighted by atomic mass is 16.6. The van der Waals surface area contributed by atoms with Gasteiger partial charge < -0.3 is 37.9 Å². The first-order valence-electron chi connectivity index (χ1n) is 12.4. The van der Waals surface area contributed by atoms with Crippen molar-refractivity contribution >= 4 is 5.97 Å². The molecule has 0 bridgehead atoms. The summed E-state index contributed by atoms with van der Waals surface area (Å²) in [6.07, 6.45) is 5.03. The van der Waals surface area contributed by atoms with Crippen LogP contribution in [0.4, 0.5) is 0 Å². The number of esters is 1. The normalized spacial score (nSPS) is 11.4. The molecule has 0 unspecified atom stereocenters.